The Balaban J connectivity index is 1.94. The van der Waals surface area contributed by atoms with Gasteiger partial charge in [-0.3, -0.25) is 14.5 Å². The number of hydrogen-bond acceptors (Lipinski definition) is 5. The third-order valence-electron chi connectivity index (χ3n) is 8.92. The lowest BCUT2D eigenvalue weighted by Crippen LogP contribution is -2.57. The Labute approximate surface area is 245 Å². The lowest BCUT2D eigenvalue weighted by molar-refractivity contribution is -0.138. The van der Waals surface area contributed by atoms with E-state index < -0.39 is 19.9 Å². The van der Waals surface area contributed by atoms with Gasteiger partial charge in [-0.25, -0.2) is 0 Å². The van der Waals surface area contributed by atoms with Gasteiger partial charge in [0, 0.05) is 48.5 Å². The summed E-state index contributed by atoms with van der Waals surface area (Å²) >= 11 is 6.52. The highest BCUT2D eigenvalue weighted by Crippen LogP contribution is 2.52. The maximum atomic E-state index is 14.2. The monoisotopic (exact) mass is 585 g/mol. The summed E-state index contributed by atoms with van der Waals surface area (Å²) in [7, 11) is 2.90. The molecule has 2 aromatic carbocycles. The fourth-order valence-corrected chi connectivity index (χ4v) is 12.7. The summed E-state index contributed by atoms with van der Waals surface area (Å²) in [5.74, 6) is 1.04. The molecule has 2 aliphatic heterocycles. The second-order valence-electron chi connectivity index (χ2n) is 12.2. The molecule has 0 radical (unpaired) electrons. The van der Waals surface area contributed by atoms with Crippen molar-refractivity contribution in [3.05, 3.63) is 52.5 Å². The number of rotatable bonds is 9. The highest BCUT2D eigenvalue weighted by Gasteiger charge is 2.58. The zero-order valence-corrected chi connectivity index (χ0v) is 27.1. The smallest absolute Gasteiger partial charge is 0.258 e. The molecule has 2 amide bonds. The van der Waals surface area contributed by atoms with Gasteiger partial charge in [0.2, 0.25) is 5.91 Å². The number of fused-ring (bicyclic) bond motifs is 1. The predicted molar refractivity (Wildman–Crippen MR) is 164 cm³/mol. The number of likely N-dealkylation sites (tertiary alicyclic amines) is 1. The van der Waals surface area contributed by atoms with E-state index in [1.54, 1.807) is 32.2 Å². The Morgan fingerprint density at radius 2 is 1.70 bits per heavy atom. The molecule has 40 heavy (non-hydrogen) atoms. The maximum Gasteiger partial charge on any atom is 0.258 e. The molecule has 7 nitrogen and oxygen atoms in total. The van der Waals surface area contributed by atoms with Crippen molar-refractivity contribution in [1.82, 2.24) is 9.80 Å². The molecule has 1 fully saturated rings. The molecule has 218 valence electrons. The van der Waals surface area contributed by atoms with E-state index in [0.717, 1.165) is 17.7 Å². The standard InChI is InChI=1S/C31H44ClN3O4Si/c1-19(2)40(20(3)4,21(5)6)39-23-13-14-24(28(18-23)38-9)31(35-16-10-11-27(35)29(36)34(7)8)25-17-22(32)12-15-26(25)33-30(31)37/h12-15,17-21,27H,10-11,16H2,1-9H3,(H,33,37)/t27?,31-/m1/s1. The molecule has 2 atom stereocenters. The number of nitrogens with one attached hydrogen (secondary N) is 1. The predicted octanol–water partition coefficient (Wildman–Crippen LogP) is 6.65. The number of likely N-dealkylation sites (N-methyl/N-ethyl adjacent to an activating group) is 1. The first kappa shape index (κ1) is 30.4. The molecule has 0 bridgehead atoms. The molecule has 1 unspecified atom stereocenters. The Hall–Kier alpha value is -2.55. The highest BCUT2D eigenvalue weighted by molar-refractivity contribution is 6.78. The van der Waals surface area contributed by atoms with Gasteiger partial charge in [-0.15, -0.1) is 0 Å². The van der Waals surface area contributed by atoms with Crippen molar-refractivity contribution in [3.63, 3.8) is 0 Å². The Bertz CT molecular complexity index is 1260. The lowest BCUT2D eigenvalue weighted by atomic mass is 9.80. The molecule has 0 aromatic heterocycles. The van der Waals surface area contributed by atoms with Crippen molar-refractivity contribution in [2.24, 2.45) is 0 Å². The molecule has 1 saturated heterocycles. The zero-order chi connectivity index (χ0) is 29.6. The van der Waals surface area contributed by atoms with E-state index in [1.165, 1.54) is 0 Å². The largest absolute Gasteiger partial charge is 0.543 e. The van der Waals surface area contributed by atoms with Crippen LogP contribution in [0.3, 0.4) is 0 Å². The van der Waals surface area contributed by atoms with Crippen LogP contribution in [0, 0.1) is 0 Å². The van der Waals surface area contributed by atoms with Gasteiger partial charge in [0.05, 0.1) is 13.2 Å². The minimum absolute atomic E-state index is 0.0272. The van der Waals surface area contributed by atoms with Crippen LogP contribution in [-0.4, -0.2) is 63.7 Å². The van der Waals surface area contributed by atoms with Crippen molar-refractivity contribution in [1.29, 1.82) is 0 Å². The molecule has 0 spiro atoms. The van der Waals surface area contributed by atoms with Crippen LogP contribution in [0.25, 0.3) is 0 Å². The van der Waals surface area contributed by atoms with Gasteiger partial charge in [0.15, 0.2) is 5.54 Å². The molecule has 0 aliphatic carbocycles. The average Bonchev–Trinajstić information content (AvgIpc) is 3.48. The summed E-state index contributed by atoms with van der Waals surface area (Å²) in [5.41, 5.74) is 2.01. The first-order chi connectivity index (χ1) is 18.8. The van der Waals surface area contributed by atoms with Crippen LogP contribution in [0.4, 0.5) is 5.69 Å². The SMILES string of the molecule is COc1cc(O[Si](C(C)C)(C(C)C)C(C)C)ccc1[C@]1(N2CCCC2C(=O)N(C)C)C(=O)Nc2ccc(Cl)cc21. The quantitative estimate of drug-likeness (QED) is 0.334. The van der Waals surface area contributed by atoms with Crippen LogP contribution in [0.1, 0.15) is 65.5 Å². The summed E-state index contributed by atoms with van der Waals surface area (Å²) in [4.78, 5) is 31.3. The Kier molecular flexibility index (Phi) is 8.65. The molecule has 9 heteroatoms. The van der Waals surface area contributed by atoms with E-state index in [9.17, 15) is 9.59 Å². The minimum atomic E-state index is -2.23. The topological polar surface area (TPSA) is 71.1 Å². The van der Waals surface area contributed by atoms with Crippen LogP contribution >= 0.6 is 11.6 Å². The summed E-state index contributed by atoms with van der Waals surface area (Å²) in [5, 5.41) is 3.61. The van der Waals surface area contributed by atoms with Crippen molar-refractivity contribution in [2.45, 2.75) is 82.6 Å². The zero-order valence-electron chi connectivity index (χ0n) is 25.3. The van der Waals surface area contributed by atoms with Crippen molar-refractivity contribution in [3.8, 4) is 11.5 Å². The lowest BCUT2D eigenvalue weighted by Gasteiger charge is -2.43. The van der Waals surface area contributed by atoms with E-state index in [4.69, 9.17) is 20.8 Å². The third kappa shape index (κ3) is 4.72. The van der Waals surface area contributed by atoms with E-state index in [-0.39, 0.29) is 11.8 Å². The Morgan fingerprint density at radius 3 is 2.27 bits per heavy atom. The normalized spacial score (nSPS) is 21.2. The maximum absolute atomic E-state index is 14.2. The molecular weight excluding hydrogens is 542 g/mol. The van der Waals surface area contributed by atoms with Crippen molar-refractivity contribution >= 4 is 37.4 Å². The molecule has 2 aromatic rings. The number of amides is 2. The summed E-state index contributed by atoms with van der Waals surface area (Å²) in [6.45, 7) is 14.1. The number of methoxy groups -OCH3 is 1. The van der Waals surface area contributed by atoms with Crippen LogP contribution in [-0.2, 0) is 15.1 Å². The second-order valence-corrected chi connectivity index (χ2v) is 18.0. The molecule has 0 saturated carbocycles. The van der Waals surface area contributed by atoms with Gasteiger partial charge in [-0.05, 0) is 59.8 Å². The second kappa shape index (κ2) is 11.4. The first-order valence-corrected chi connectivity index (χ1v) is 16.8. The number of carbonyl (C=O) groups is 2. The van der Waals surface area contributed by atoms with Gasteiger partial charge < -0.3 is 19.4 Å². The number of benzene rings is 2. The van der Waals surface area contributed by atoms with Crippen LogP contribution in [0.15, 0.2) is 36.4 Å². The minimum Gasteiger partial charge on any atom is -0.543 e. The molecule has 2 aliphatic rings. The fourth-order valence-electron chi connectivity index (χ4n) is 7.28. The first-order valence-electron chi connectivity index (χ1n) is 14.3. The van der Waals surface area contributed by atoms with E-state index in [2.05, 4.69) is 46.9 Å². The van der Waals surface area contributed by atoms with Gasteiger partial charge >= 0.3 is 0 Å². The number of halogens is 1. The third-order valence-corrected chi connectivity index (χ3v) is 15.2. The van der Waals surface area contributed by atoms with Crippen LogP contribution < -0.4 is 14.5 Å². The number of ether oxygens (including phenoxy) is 1. The molecule has 1 N–H and O–H groups in total. The summed E-state index contributed by atoms with van der Waals surface area (Å²) in [6, 6.07) is 10.8. The van der Waals surface area contributed by atoms with E-state index >= 15 is 0 Å². The number of hydrogen-bond donors (Lipinski definition) is 1. The molecule has 4 rings (SSSR count). The average molecular weight is 586 g/mol. The van der Waals surface area contributed by atoms with Gasteiger partial charge in [-0.1, -0.05) is 53.1 Å². The number of carbonyl (C=O) groups excluding carboxylic acids is 2. The fraction of sp³-hybridized carbons (Fsp3) is 0.548. The van der Waals surface area contributed by atoms with E-state index in [1.807, 2.05) is 35.2 Å². The van der Waals surface area contributed by atoms with Crippen LogP contribution in [0.2, 0.25) is 21.6 Å². The van der Waals surface area contributed by atoms with Gasteiger partial charge in [0.25, 0.3) is 14.2 Å². The van der Waals surface area contributed by atoms with E-state index in [0.29, 0.717) is 51.6 Å². The number of anilines is 1. The van der Waals surface area contributed by atoms with Crippen molar-refractivity contribution < 1.29 is 18.8 Å². The van der Waals surface area contributed by atoms with Crippen molar-refractivity contribution in [2.75, 3.05) is 33.1 Å². The molecular formula is C31H44ClN3O4Si. The highest BCUT2D eigenvalue weighted by atomic mass is 35.5. The molecule has 2 heterocycles. The van der Waals surface area contributed by atoms with Gasteiger partial charge in [-0.2, -0.15) is 0 Å². The summed E-state index contributed by atoms with van der Waals surface area (Å²) < 4.78 is 13.0. The summed E-state index contributed by atoms with van der Waals surface area (Å²) in [6.07, 6.45) is 1.46. The van der Waals surface area contributed by atoms with Gasteiger partial charge in [0.1, 0.15) is 11.5 Å². The van der Waals surface area contributed by atoms with Crippen LogP contribution in [0.5, 0.6) is 11.5 Å². The number of nitrogens with zero attached hydrogens (tertiary/aromatic N) is 2. The Morgan fingerprint density at radius 1 is 1.05 bits per heavy atom.